The molecule has 0 spiro atoms. The molecule has 4 heterocycles. The summed E-state index contributed by atoms with van der Waals surface area (Å²) in [7, 11) is 2.93. The summed E-state index contributed by atoms with van der Waals surface area (Å²) in [5, 5.41) is 9.51. The number of halogens is 2. The molecule has 5 aromatic rings. The summed E-state index contributed by atoms with van der Waals surface area (Å²) < 4.78 is 33.7. The number of ether oxygens (including phenoxy) is 5. The molecule has 0 amide bonds. The number of hydrogen-bond acceptors (Lipinski definition) is 11. The van der Waals surface area contributed by atoms with Gasteiger partial charge in [-0.1, -0.05) is 29.3 Å². The van der Waals surface area contributed by atoms with Crippen molar-refractivity contribution in [3.63, 3.8) is 0 Å². The minimum atomic E-state index is -1.17. The van der Waals surface area contributed by atoms with Gasteiger partial charge in [-0.3, -0.25) is 0 Å². The van der Waals surface area contributed by atoms with Crippen LogP contribution in [0.1, 0.15) is 17.8 Å². The molecule has 0 N–H and O–H groups in total. The van der Waals surface area contributed by atoms with E-state index < -0.39 is 12.2 Å². The molecule has 2 aliphatic heterocycles. The average Bonchev–Trinajstić information content (AvgIpc) is 3.88. The first-order valence-corrected chi connectivity index (χ1v) is 17.2. The Labute approximate surface area is 304 Å². The molecule has 2 aromatic heterocycles. The van der Waals surface area contributed by atoms with Crippen LogP contribution in [-0.2, 0) is 31.3 Å². The van der Waals surface area contributed by atoms with Crippen molar-refractivity contribution in [1.82, 2.24) is 29.1 Å². The van der Waals surface area contributed by atoms with Crippen molar-refractivity contribution in [1.29, 1.82) is 0 Å². The minimum absolute atomic E-state index is 0.260. The average molecular weight is 738 g/mol. The molecule has 0 bridgehead atoms. The number of piperazine rings is 1. The molecule has 2 fully saturated rings. The van der Waals surface area contributed by atoms with Crippen LogP contribution in [0.4, 0.5) is 11.4 Å². The molecule has 7 rings (SSSR count). The molecule has 14 nitrogen and oxygen atoms in total. The third kappa shape index (κ3) is 7.34. The van der Waals surface area contributed by atoms with Crippen LogP contribution >= 0.6 is 23.2 Å². The van der Waals surface area contributed by atoms with E-state index in [1.54, 1.807) is 34.6 Å². The summed E-state index contributed by atoms with van der Waals surface area (Å²) in [5.74, 6) is 0.108. The quantitative estimate of drug-likeness (QED) is 0.166. The van der Waals surface area contributed by atoms with Crippen LogP contribution in [0.2, 0.25) is 10.0 Å². The molecule has 2 aliphatic rings. The van der Waals surface area contributed by atoms with Crippen molar-refractivity contribution in [2.75, 3.05) is 63.4 Å². The van der Waals surface area contributed by atoms with Crippen molar-refractivity contribution in [3.8, 4) is 11.4 Å². The zero-order valence-corrected chi connectivity index (χ0v) is 29.9. The van der Waals surface area contributed by atoms with Gasteiger partial charge in [0.15, 0.2) is 0 Å². The number of nitrogens with zero attached hydrogens (tertiary/aromatic N) is 8. The van der Waals surface area contributed by atoms with E-state index >= 15 is 0 Å². The maximum Gasteiger partial charge on any atom is 0.355 e. The number of aryl methyl sites for hydroxylation is 1. The molecular formula is C35H38Cl2N8O6. The van der Waals surface area contributed by atoms with Crippen LogP contribution in [-0.4, -0.2) is 88.8 Å². The molecule has 51 heavy (non-hydrogen) atoms. The number of anilines is 2. The second-order valence-electron chi connectivity index (χ2n) is 12.2. The fraction of sp³-hybridized carbons (Fsp3) is 0.371. The Bertz CT molecular complexity index is 1980. The number of hydrogen-bond donors (Lipinski definition) is 0. The van der Waals surface area contributed by atoms with Crippen molar-refractivity contribution < 1.29 is 23.7 Å². The van der Waals surface area contributed by atoms with Crippen LogP contribution in [0.25, 0.3) is 5.69 Å². The molecule has 2 atom stereocenters. The molecule has 16 heteroatoms. The van der Waals surface area contributed by atoms with E-state index in [-0.39, 0.29) is 18.3 Å². The number of rotatable bonds is 12. The van der Waals surface area contributed by atoms with E-state index in [2.05, 4.69) is 37.1 Å². The van der Waals surface area contributed by atoms with Gasteiger partial charge in [0.2, 0.25) is 5.79 Å². The molecule has 2 saturated heterocycles. The number of benzene rings is 3. The van der Waals surface area contributed by atoms with Crippen LogP contribution in [0, 0.1) is 6.92 Å². The molecule has 0 saturated carbocycles. The van der Waals surface area contributed by atoms with Crippen LogP contribution < -0.4 is 20.2 Å². The summed E-state index contributed by atoms with van der Waals surface area (Å²) in [4.78, 5) is 21.8. The van der Waals surface area contributed by atoms with E-state index in [0.717, 1.165) is 49.0 Å². The van der Waals surface area contributed by atoms with Crippen molar-refractivity contribution in [2.45, 2.75) is 31.8 Å². The van der Waals surface area contributed by atoms with Gasteiger partial charge in [0, 0.05) is 62.4 Å². The fourth-order valence-electron chi connectivity index (χ4n) is 6.47. The second-order valence-corrected chi connectivity index (χ2v) is 13.0. The molecular weight excluding hydrogens is 699 g/mol. The van der Waals surface area contributed by atoms with Gasteiger partial charge in [-0.2, -0.15) is 14.9 Å². The van der Waals surface area contributed by atoms with Crippen molar-refractivity contribution in [2.24, 2.45) is 0 Å². The van der Waals surface area contributed by atoms with Crippen LogP contribution in [0.3, 0.4) is 0 Å². The summed E-state index contributed by atoms with van der Waals surface area (Å²) in [6.07, 6.45) is 1.83. The van der Waals surface area contributed by atoms with E-state index in [4.69, 9.17) is 46.9 Å². The zero-order chi connectivity index (χ0) is 35.5. The third-order valence-corrected chi connectivity index (χ3v) is 9.54. The van der Waals surface area contributed by atoms with Gasteiger partial charge in [0.05, 0.1) is 17.3 Å². The van der Waals surface area contributed by atoms with Gasteiger partial charge in [-0.15, -0.1) is 0 Å². The highest BCUT2D eigenvalue weighted by Gasteiger charge is 2.45. The molecule has 0 radical (unpaired) electrons. The molecule has 0 aliphatic carbocycles. The van der Waals surface area contributed by atoms with Crippen molar-refractivity contribution in [3.05, 3.63) is 111 Å². The smallest absolute Gasteiger partial charge is 0.355 e. The van der Waals surface area contributed by atoms with Crippen molar-refractivity contribution >= 4 is 34.6 Å². The van der Waals surface area contributed by atoms with Gasteiger partial charge in [-0.05, 0) is 67.6 Å². The van der Waals surface area contributed by atoms with Gasteiger partial charge in [0.25, 0.3) is 6.41 Å². The normalized spacial score (nSPS) is 19.3. The fourth-order valence-corrected chi connectivity index (χ4v) is 7.03. The maximum atomic E-state index is 13.0. The third-order valence-electron chi connectivity index (χ3n) is 8.99. The highest BCUT2D eigenvalue weighted by Crippen LogP contribution is 2.40. The topological polar surface area (TPSA) is 123 Å². The van der Waals surface area contributed by atoms with E-state index in [1.165, 1.54) is 25.2 Å². The first kappa shape index (κ1) is 35.0. The lowest BCUT2D eigenvalue weighted by molar-refractivity contribution is -0.190. The lowest BCUT2D eigenvalue weighted by Gasteiger charge is -2.37. The summed E-state index contributed by atoms with van der Waals surface area (Å²) in [5.41, 5.74) is 3.27. The van der Waals surface area contributed by atoms with E-state index in [0.29, 0.717) is 34.6 Å². The van der Waals surface area contributed by atoms with Gasteiger partial charge in [-0.25, -0.2) is 19.0 Å². The Morgan fingerprint density at radius 1 is 0.922 bits per heavy atom. The van der Waals surface area contributed by atoms with Gasteiger partial charge in [0.1, 0.15) is 43.5 Å². The molecule has 3 aromatic carbocycles. The van der Waals surface area contributed by atoms with E-state index in [1.807, 2.05) is 42.5 Å². The Morgan fingerprint density at radius 2 is 1.57 bits per heavy atom. The molecule has 2 unspecified atom stereocenters. The summed E-state index contributed by atoms with van der Waals surface area (Å²) in [6.45, 7) is 6.06. The highest BCUT2D eigenvalue weighted by atomic mass is 35.5. The monoisotopic (exact) mass is 736 g/mol. The summed E-state index contributed by atoms with van der Waals surface area (Å²) >= 11 is 12.7. The molecule has 268 valence electrons. The minimum Gasteiger partial charge on any atom is -0.491 e. The standard InChI is InChI=1S/C35H38Cl2N8O6/c1-24-40-45(34(47-2)48-3)33(46)44(24)28-7-5-26(6-8-28)41-14-16-42(17-15-41)27-9-11-29(12-10-27)49-19-30-20-50-35(51-30,21-43-23-38-22-39-43)31-13-4-25(36)18-32(31)37/h4-13,18,22-23,30,34H,14-17,19-21H2,1-3H3. The Hall–Kier alpha value is -4.44. The first-order valence-electron chi connectivity index (χ1n) is 16.4. The summed E-state index contributed by atoms with van der Waals surface area (Å²) in [6, 6.07) is 21.3. The maximum absolute atomic E-state index is 13.0. The SMILES string of the molecule is COC(OC)n1nc(C)n(-c2ccc(N3CCN(c4ccc(OCC5COC(Cn6cncn6)(c6ccc(Cl)cc6Cl)O5)cc4)CC3)cc2)c1=O. The first-order chi connectivity index (χ1) is 24.8. The van der Waals surface area contributed by atoms with Crippen LogP contribution in [0.15, 0.2) is 84.2 Å². The lowest BCUT2D eigenvalue weighted by atomic mass is 10.1. The lowest BCUT2D eigenvalue weighted by Crippen LogP contribution is -2.46. The second kappa shape index (κ2) is 15.0. The van der Waals surface area contributed by atoms with E-state index in [9.17, 15) is 4.79 Å². The Morgan fingerprint density at radius 3 is 2.18 bits per heavy atom. The predicted molar refractivity (Wildman–Crippen MR) is 191 cm³/mol. The predicted octanol–water partition coefficient (Wildman–Crippen LogP) is 4.66. The Balaban J connectivity index is 0.931. The Kier molecular flexibility index (Phi) is 10.3. The zero-order valence-electron chi connectivity index (χ0n) is 28.4. The van der Waals surface area contributed by atoms with Crippen LogP contribution in [0.5, 0.6) is 5.75 Å². The largest absolute Gasteiger partial charge is 0.491 e. The highest BCUT2D eigenvalue weighted by molar-refractivity contribution is 6.35. The number of aromatic nitrogens is 6. The van der Waals surface area contributed by atoms with Gasteiger partial charge >= 0.3 is 5.69 Å². The number of methoxy groups -OCH3 is 2. The van der Waals surface area contributed by atoms with Gasteiger partial charge < -0.3 is 33.5 Å².